The highest BCUT2D eigenvalue weighted by Crippen LogP contribution is 2.45. The minimum Gasteiger partial charge on any atom is -0.317 e. The van der Waals surface area contributed by atoms with Crippen LogP contribution in [0.3, 0.4) is 0 Å². The second kappa shape index (κ2) is 9.60. The summed E-state index contributed by atoms with van der Waals surface area (Å²) < 4.78 is 27.2. The lowest BCUT2D eigenvalue weighted by Gasteiger charge is -2.29. The van der Waals surface area contributed by atoms with Crippen molar-refractivity contribution in [2.24, 2.45) is 0 Å². The minimum absolute atomic E-state index is 0.184. The molecule has 1 N–H and O–H groups in total. The monoisotopic (exact) mass is 386 g/mol. The largest absolute Gasteiger partial charge is 0.317 e. The maximum atomic E-state index is 14.0. The molecule has 1 aliphatic heterocycles. The van der Waals surface area contributed by atoms with E-state index in [2.05, 4.69) is 25.4 Å². The molecule has 0 spiro atoms. The standard InChI is InChI=1S/C21H24F2N2O.C2H4/c1-3-21(11-12-24-4-2)14-25(19-10-9-17(23)13-18(19)21)20(26)15-5-7-16(22)8-6-15;1-2/h5-10,13,24H,3-4,11-12,14H2,1-2H3;1-2H2. The van der Waals surface area contributed by atoms with Crippen molar-refractivity contribution in [1.82, 2.24) is 5.32 Å². The fourth-order valence-corrected chi connectivity index (χ4v) is 3.77. The Morgan fingerprint density at radius 1 is 1.11 bits per heavy atom. The van der Waals surface area contributed by atoms with Gasteiger partial charge in [0.15, 0.2) is 0 Å². The molecule has 1 amide bonds. The number of halogens is 2. The zero-order valence-corrected chi connectivity index (χ0v) is 16.6. The quantitative estimate of drug-likeness (QED) is 0.555. The summed E-state index contributed by atoms with van der Waals surface area (Å²) in [5, 5.41) is 3.32. The Kier molecular flexibility index (Phi) is 7.46. The first-order valence-corrected chi connectivity index (χ1v) is 9.59. The Morgan fingerprint density at radius 2 is 1.75 bits per heavy atom. The van der Waals surface area contributed by atoms with Gasteiger partial charge in [-0.2, -0.15) is 0 Å². The van der Waals surface area contributed by atoms with Crippen LogP contribution in [-0.2, 0) is 5.41 Å². The highest BCUT2D eigenvalue weighted by Gasteiger charge is 2.43. The maximum Gasteiger partial charge on any atom is 0.258 e. The fraction of sp³-hybridized carbons (Fsp3) is 0.348. The molecule has 0 aromatic heterocycles. The average molecular weight is 386 g/mol. The van der Waals surface area contributed by atoms with Crippen LogP contribution in [-0.4, -0.2) is 25.5 Å². The lowest BCUT2D eigenvalue weighted by atomic mass is 9.77. The maximum absolute atomic E-state index is 14.0. The van der Waals surface area contributed by atoms with Crippen molar-refractivity contribution >= 4 is 11.6 Å². The van der Waals surface area contributed by atoms with Crippen LogP contribution >= 0.6 is 0 Å². The SMILES string of the molecule is C=C.CCNCCC1(CC)CN(C(=O)c2ccc(F)cc2)c2ccc(F)cc21. The summed E-state index contributed by atoms with van der Waals surface area (Å²) in [6, 6.07) is 10.2. The fourth-order valence-electron chi connectivity index (χ4n) is 3.77. The van der Waals surface area contributed by atoms with E-state index in [1.54, 1.807) is 17.0 Å². The highest BCUT2D eigenvalue weighted by molar-refractivity contribution is 6.07. The van der Waals surface area contributed by atoms with Crippen LogP contribution in [0, 0.1) is 11.6 Å². The summed E-state index contributed by atoms with van der Waals surface area (Å²) in [4.78, 5) is 14.7. The van der Waals surface area contributed by atoms with E-state index in [0.29, 0.717) is 12.1 Å². The van der Waals surface area contributed by atoms with Crippen molar-refractivity contribution in [3.05, 3.63) is 78.4 Å². The molecule has 1 unspecified atom stereocenters. The molecule has 3 rings (SSSR count). The molecule has 1 aliphatic rings. The number of fused-ring (bicyclic) bond motifs is 1. The van der Waals surface area contributed by atoms with Gasteiger partial charge in [0, 0.05) is 23.2 Å². The predicted molar refractivity (Wildman–Crippen MR) is 111 cm³/mol. The van der Waals surface area contributed by atoms with Gasteiger partial charge in [0.25, 0.3) is 5.91 Å². The molecule has 2 aromatic rings. The van der Waals surface area contributed by atoms with E-state index in [1.165, 1.54) is 30.3 Å². The van der Waals surface area contributed by atoms with Gasteiger partial charge >= 0.3 is 0 Å². The van der Waals surface area contributed by atoms with Gasteiger partial charge < -0.3 is 10.2 Å². The van der Waals surface area contributed by atoms with Gasteiger partial charge in [0.05, 0.1) is 0 Å². The summed E-state index contributed by atoms with van der Waals surface area (Å²) in [6.45, 7) is 12.3. The molecule has 2 aromatic carbocycles. The van der Waals surface area contributed by atoms with Gasteiger partial charge in [0.2, 0.25) is 0 Å². The van der Waals surface area contributed by atoms with Crippen molar-refractivity contribution < 1.29 is 13.6 Å². The second-order valence-corrected chi connectivity index (χ2v) is 6.80. The Balaban J connectivity index is 0.00000136. The zero-order valence-electron chi connectivity index (χ0n) is 16.6. The van der Waals surface area contributed by atoms with Gasteiger partial charge in [-0.05, 0) is 74.0 Å². The van der Waals surface area contributed by atoms with Gasteiger partial charge in [-0.15, -0.1) is 13.2 Å². The van der Waals surface area contributed by atoms with Gasteiger partial charge in [0.1, 0.15) is 11.6 Å². The lowest BCUT2D eigenvalue weighted by Crippen LogP contribution is -2.38. The van der Waals surface area contributed by atoms with Crippen LogP contribution in [0.4, 0.5) is 14.5 Å². The van der Waals surface area contributed by atoms with Crippen LogP contribution in [0.1, 0.15) is 42.6 Å². The number of nitrogens with one attached hydrogen (secondary N) is 1. The van der Waals surface area contributed by atoms with Crippen LogP contribution in [0.2, 0.25) is 0 Å². The molecule has 0 saturated heterocycles. The summed E-state index contributed by atoms with van der Waals surface area (Å²) in [7, 11) is 0. The van der Waals surface area contributed by atoms with Crippen LogP contribution in [0.15, 0.2) is 55.6 Å². The number of anilines is 1. The number of carbonyl (C=O) groups is 1. The van der Waals surface area contributed by atoms with Crippen LogP contribution in [0.5, 0.6) is 0 Å². The zero-order chi connectivity index (χ0) is 20.7. The number of rotatable bonds is 6. The van der Waals surface area contributed by atoms with Crippen molar-refractivity contribution in [3.8, 4) is 0 Å². The number of amides is 1. The molecule has 0 fully saturated rings. The topological polar surface area (TPSA) is 32.3 Å². The predicted octanol–water partition coefficient (Wildman–Crippen LogP) is 5.07. The van der Waals surface area contributed by atoms with E-state index in [0.717, 1.165) is 37.2 Å². The second-order valence-electron chi connectivity index (χ2n) is 6.80. The number of nitrogens with zero attached hydrogens (tertiary/aromatic N) is 1. The van der Waals surface area contributed by atoms with Crippen molar-refractivity contribution in [2.45, 2.75) is 32.1 Å². The summed E-state index contributed by atoms with van der Waals surface area (Å²) in [5.74, 6) is -0.850. The van der Waals surface area contributed by atoms with Crippen LogP contribution in [0.25, 0.3) is 0 Å². The molecule has 0 bridgehead atoms. The van der Waals surface area contributed by atoms with Gasteiger partial charge in [-0.25, -0.2) is 8.78 Å². The molecule has 3 nitrogen and oxygen atoms in total. The molecule has 5 heteroatoms. The van der Waals surface area contributed by atoms with E-state index < -0.39 is 0 Å². The first-order chi connectivity index (χ1) is 13.5. The molecule has 0 aliphatic carbocycles. The number of carbonyl (C=O) groups excluding carboxylic acids is 1. The van der Waals surface area contributed by atoms with E-state index in [9.17, 15) is 13.6 Å². The first kappa shape index (κ1) is 21.8. The van der Waals surface area contributed by atoms with E-state index >= 15 is 0 Å². The third-order valence-electron chi connectivity index (χ3n) is 5.32. The third kappa shape index (κ3) is 4.30. The van der Waals surface area contributed by atoms with E-state index in [1.807, 2.05) is 6.92 Å². The molecule has 0 radical (unpaired) electrons. The molecule has 0 saturated carbocycles. The number of hydrogen-bond acceptors (Lipinski definition) is 2. The van der Waals surface area contributed by atoms with Gasteiger partial charge in [-0.1, -0.05) is 13.8 Å². The molecular weight excluding hydrogens is 358 g/mol. The summed E-state index contributed by atoms with van der Waals surface area (Å²) in [6.07, 6.45) is 1.63. The minimum atomic E-state index is -0.376. The lowest BCUT2D eigenvalue weighted by molar-refractivity contribution is 0.0984. The van der Waals surface area contributed by atoms with E-state index in [-0.39, 0.29) is 23.0 Å². The third-order valence-corrected chi connectivity index (χ3v) is 5.32. The first-order valence-electron chi connectivity index (χ1n) is 9.59. The number of benzene rings is 2. The van der Waals surface area contributed by atoms with E-state index in [4.69, 9.17) is 0 Å². The summed E-state index contributed by atoms with van der Waals surface area (Å²) >= 11 is 0. The highest BCUT2D eigenvalue weighted by atomic mass is 19.1. The van der Waals surface area contributed by atoms with Crippen molar-refractivity contribution in [1.29, 1.82) is 0 Å². The normalized spacial score (nSPS) is 17.6. The smallest absolute Gasteiger partial charge is 0.258 e. The Bertz CT molecular complexity index is 807. The van der Waals surface area contributed by atoms with Crippen molar-refractivity contribution in [2.75, 3.05) is 24.5 Å². The Hall–Kier alpha value is -2.53. The summed E-state index contributed by atoms with van der Waals surface area (Å²) in [5.41, 5.74) is 1.78. The molecule has 150 valence electrons. The Morgan fingerprint density at radius 3 is 2.36 bits per heavy atom. The van der Waals surface area contributed by atoms with Crippen molar-refractivity contribution in [3.63, 3.8) is 0 Å². The van der Waals surface area contributed by atoms with Crippen LogP contribution < -0.4 is 10.2 Å². The molecular formula is C23H28F2N2O. The Labute approximate surface area is 166 Å². The molecule has 1 atom stereocenters. The average Bonchev–Trinajstić information content (AvgIpc) is 3.04. The molecule has 28 heavy (non-hydrogen) atoms. The molecule has 1 heterocycles. The van der Waals surface area contributed by atoms with Gasteiger partial charge in [-0.3, -0.25) is 4.79 Å². The number of hydrogen-bond donors (Lipinski definition) is 1.